The van der Waals surface area contributed by atoms with Gasteiger partial charge in [-0.2, -0.15) is 0 Å². The molecule has 0 aliphatic heterocycles. The molecule has 0 heterocycles. The van der Waals surface area contributed by atoms with E-state index in [1.54, 1.807) is 0 Å². The summed E-state index contributed by atoms with van der Waals surface area (Å²) in [5.41, 5.74) is 0. The van der Waals surface area contributed by atoms with Gasteiger partial charge >= 0.3 is 0 Å². The van der Waals surface area contributed by atoms with E-state index in [0.717, 1.165) is 12.8 Å². The predicted molar refractivity (Wildman–Crippen MR) is 160 cm³/mol. The maximum Gasteiger partial charge on any atom is 0.0945 e. The summed E-state index contributed by atoms with van der Waals surface area (Å²) < 4.78 is 32.7. The van der Waals surface area contributed by atoms with Crippen molar-refractivity contribution in [2.45, 2.75) is 169 Å². The van der Waals surface area contributed by atoms with Crippen molar-refractivity contribution in [3.8, 4) is 0 Å². The number of rotatable bonds is 26. The van der Waals surface area contributed by atoms with Gasteiger partial charge in [-0.25, -0.2) is 8.42 Å². The third-order valence-electron chi connectivity index (χ3n) is 8.18. The van der Waals surface area contributed by atoms with Crippen LogP contribution in [-0.2, 0) is 10.1 Å². The standard InChI is InChI=1S/C23H48O3S.C8H20N/c1-2-3-4-5-6-7-8-9-10-11-12-13-14-15-16-17-18-19-20-21-22-23-27(24,25)26;1-5-9(6-2,7-3)8-4/h2-23H2,1H3,(H,24,25,26);5-8H2,1-4H3/q;+1/p-1. The molecule has 0 unspecified atom stereocenters. The lowest BCUT2D eigenvalue weighted by Gasteiger charge is -2.34. The first-order chi connectivity index (χ1) is 17.3. The summed E-state index contributed by atoms with van der Waals surface area (Å²) in [4.78, 5) is 0. The Morgan fingerprint density at radius 1 is 0.417 bits per heavy atom. The lowest BCUT2D eigenvalue weighted by molar-refractivity contribution is -0.921. The second kappa shape index (κ2) is 27.9. The van der Waals surface area contributed by atoms with Crippen molar-refractivity contribution in [2.75, 3.05) is 31.9 Å². The Morgan fingerprint density at radius 3 is 0.806 bits per heavy atom. The molecule has 0 saturated carbocycles. The largest absolute Gasteiger partial charge is 0.748 e. The van der Waals surface area contributed by atoms with E-state index in [2.05, 4.69) is 34.6 Å². The normalized spacial score (nSPS) is 11.9. The van der Waals surface area contributed by atoms with Crippen LogP contribution in [0.25, 0.3) is 0 Å². The van der Waals surface area contributed by atoms with Crippen LogP contribution in [0.2, 0.25) is 0 Å². The van der Waals surface area contributed by atoms with E-state index in [0.29, 0.717) is 6.42 Å². The van der Waals surface area contributed by atoms with Crippen LogP contribution in [-0.4, -0.2) is 49.4 Å². The van der Waals surface area contributed by atoms with Gasteiger partial charge in [0.2, 0.25) is 0 Å². The molecule has 0 aliphatic rings. The fraction of sp³-hybridized carbons (Fsp3) is 1.00. The summed E-state index contributed by atoms with van der Waals surface area (Å²) in [5, 5.41) is 0. The van der Waals surface area contributed by atoms with Gasteiger partial charge in [0.05, 0.1) is 36.3 Å². The zero-order valence-electron chi connectivity index (χ0n) is 25.5. The molecular formula is C31H67NO3S. The van der Waals surface area contributed by atoms with Gasteiger partial charge in [0, 0.05) is 5.75 Å². The van der Waals surface area contributed by atoms with E-state index < -0.39 is 10.1 Å². The SMILES string of the molecule is CCCCCCCCCCCCCCCCCCCCCCCS(=O)(=O)[O-].CC[N+](CC)(CC)CC. The van der Waals surface area contributed by atoms with E-state index in [1.807, 2.05) is 0 Å². The molecule has 220 valence electrons. The average Bonchev–Trinajstić information content (AvgIpc) is 2.86. The highest BCUT2D eigenvalue weighted by Crippen LogP contribution is 2.15. The Kier molecular flexibility index (Phi) is 29.5. The van der Waals surface area contributed by atoms with Gasteiger partial charge in [-0.1, -0.05) is 135 Å². The third kappa shape index (κ3) is 28.4. The lowest BCUT2D eigenvalue weighted by Crippen LogP contribution is -2.47. The van der Waals surface area contributed by atoms with Gasteiger partial charge in [0.15, 0.2) is 0 Å². The molecule has 0 N–H and O–H groups in total. The molecule has 0 aromatic rings. The summed E-state index contributed by atoms with van der Waals surface area (Å²) in [6, 6.07) is 0. The maximum atomic E-state index is 10.5. The highest BCUT2D eigenvalue weighted by atomic mass is 32.2. The number of unbranched alkanes of at least 4 members (excludes halogenated alkanes) is 20. The monoisotopic (exact) mass is 533 g/mol. The van der Waals surface area contributed by atoms with Crippen LogP contribution in [0.5, 0.6) is 0 Å². The number of hydrogen-bond donors (Lipinski definition) is 0. The summed E-state index contributed by atoms with van der Waals surface area (Å²) in [5.74, 6) is -0.188. The number of hydrogen-bond acceptors (Lipinski definition) is 3. The maximum absolute atomic E-state index is 10.5. The summed E-state index contributed by atoms with van der Waals surface area (Å²) in [6.07, 6.45) is 27.4. The first-order valence-corrected chi connectivity index (χ1v) is 17.7. The van der Waals surface area contributed by atoms with Gasteiger partial charge in [-0.05, 0) is 34.1 Å². The third-order valence-corrected chi connectivity index (χ3v) is 8.97. The predicted octanol–water partition coefficient (Wildman–Crippen LogP) is 9.63. The van der Waals surface area contributed by atoms with Crippen LogP contribution >= 0.6 is 0 Å². The molecule has 0 aromatic carbocycles. The molecule has 0 saturated heterocycles. The van der Waals surface area contributed by atoms with Crippen molar-refractivity contribution in [3.05, 3.63) is 0 Å². The molecule has 0 radical (unpaired) electrons. The molecule has 0 atom stereocenters. The summed E-state index contributed by atoms with van der Waals surface area (Å²) in [6.45, 7) is 16.5. The smallest absolute Gasteiger partial charge is 0.0945 e. The van der Waals surface area contributed by atoms with E-state index in [-0.39, 0.29) is 5.75 Å². The van der Waals surface area contributed by atoms with Crippen LogP contribution in [0.4, 0.5) is 0 Å². The van der Waals surface area contributed by atoms with Crippen molar-refractivity contribution in [1.29, 1.82) is 0 Å². The molecular weight excluding hydrogens is 466 g/mol. The second-order valence-corrected chi connectivity index (χ2v) is 12.5. The van der Waals surface area contributed by atoms with Crippen LogP contribution in [0.3, 0.4) is 0 Å². The molecule has 0 fully saturated rings. The Balaban J connectivity index is 0. The highest BCUT2D eigenvalue weighted by Gasteiger charge is 2.16. The van der Waals surface area contributed by atoms with E-state index in [1.165, 1.54) is 146 Å². The minimum Gasteiger partial charge on any atom is -0.748 e. The van der Waals surface area contributed by atoms with Crippen molar-refractivity contribution in [2.24, 2.45) is 0 Å². The first-order valence-electron chi connectivity index (χ1n) is 16.1. The van der Waals surface area contributed by atoms with Gasteiger partial charge in [-0.3, -0.25) is 0 Å². The fourth-order valence-electron chi connectivity index (χ4n) is 5.05. The Morgan fingerprint density at radius 2 is 0.639 bits per heavy atom. The zero-order valence-corrected chi connectivity index (χ0v) is 26.3. The van der Waals surface area contributed by atoms with Crippen molar-refractivity contribution < 1.29 is 17.5 Å². The van der Waals surface area contributed by atoms with Crippen molar-refractivity contribution in [3.63, 3.8) is 0 Å². The Labute approximate surface area is 228 Å². The van der Waals surface area contributed by atoms with Crippen molar-refractivity contribution >= 4 is 10.1 Å². The van der Waals surface area contributed by atoms with Gasteiger partial charge < -0.3 is 9.04 Å². The average molecular weight is 534 g/mol. The van der Waals surface area contributed by atoms with Gasteiger partial charge in [-0.15, -0.1) is 0 Å². The molecule has 0 amide bonds. The summed E-state index contributed by atoms with van der Waals surface area (Å²) >= 11 is 0. The minimum atomic E-state index is -4.00. The van der Waals surface area contributed by atoms with Crippen LogP contribution < -0.4 is 0 Å². The molecule has 4 nitrogen and oxygen atoms in total. The molecule has 0 rings (SSSR count). The van der Waals surface area contributed by atoms with Gasteiger partial charge in [0.25, 0.3) is 0 Å². The van der Waals surface area contributed by atoms with E-state index in [9.17, 15) is 13.0 Å². The highest BCUT2D eigenvalue weighted by molar-refractivity contribution is 7.85. The second-order valence-electron chi connectivity index (χ2n) is 10.9. The fourth-order valence-corrected chi connectivity index (χ4v) is 5.61. The van der Waals surface area contributed by atoms with Crippen molar-refractivity contribution in [1.82, 2.24) is 0 Å². The number of quaternary nitrogens is 1. The minimum absolute atomic E-state index is 0.188. The van der Waals surface area contributed by atoms with Gasteiger partial charge in [0.1, 0.15) is 0 Å². The zero-order chi connectivity index (χ0) is 27.4. The quantitative estimate of drug-likeness (QED) is 0.0631. The molecule has 0 spiro atoms. The summed E-state index contributed by atoms with van der Waals surface area (Å²) in [7, 11) is -4.00. The first kappa shape index (κ1) is 38.0. The molecule has 0 aromatic heterocycles. The van der Waals surface area contributed by atoms with Crippen LogP contribution in [0.15, 0.2) is 0 Å². The molecule has 36 heavy (non-hydrogen) atoms. The number of nitrogens with zero attached hydrogens (tertiary/aromatic N) is 1. The van der Waals surface area contributed by atoms with E-state index >= 15 is 0 Å². The van der Waals surface area contributed by atoms with E-state index in [4.69, 9.17) is 0 Å². The van der Waals surface area contributed by atoms with Crippen LogP contribution in [0, 0.1) is 0 Å². The molecule has 0 bridgehead atoms. The topological polar surface area (TPSA) is 57.2 Å². The van der Waals surface area contributed by atoms with Crippen LogP contribution in [0.1, 0.15) is 169 Å². The Bertz CT molecular complexity index is 500. The molecule has 0 aliphatic carbocycles. The molecule has 5 heteroatoms. The lowest BCUT2D eigenvalue weighted by atomic mass is 10.0. The Hall–Kier alpha value is -0.130.